The van der Waals surface area contributed by atoms with Crippen molar-refractivity contribution in [3.63, 3.8) is 0 Å². The molecule has 1 atom stereocenters. The summed E-state index contributed by atoms with van der Waals surface area (Å²) >= 11 is 0. The lowest BCUT2D eigenvalue weighted by Crippen LogP contribution is -2.47. The van der Waals surface area contributed by atoms with Gasteiger partial charge in [0.1, 0.15) is 0 Å². The molecule has 0 bridgehead atoms. The molecule has 1 heterocycles. The van der Waals surface area contributed by atoms with Crippen molar-refractivity contribution in [2.45, 2.75) is 70.8 Å². The van der Waals surface area contributed by atoms with Gasteiger partial charge in [0.25, 0.3) is 0 Å². The number of piperidine rings is 1. The number of amides is 1. The van der Waals surface area contributed by atoms with Crippen LogP contribution in [0, 0.1) is 11.8 Å². The van der Waals surface area contributed by atoms with Gasteiger partial charge in [-0.15, -0.1) is 0 Å². The van der Waals surface area contributed by atoms with Crippen molar-refractivity contribution < 1.29 is 4.79 Å². The van der Waals surface area contributed by atoms with Crippen LogP contribution in [0.3, 0.4) is 0 Å². The van der Waals surface area contributed by atoms with E-state index in [4.69, 9.17) is 5.73 Å². The highest BCUT2D eigenvalue weighted by atomic mass is 16.2. The minimum absolute atomic E-state index is 0.208. The third-order valence-electron chi connectivity index (χ3n) is 5.13. The van der Waals surface area contributed by atoms with Crippen LogP contribution in [0.1, 0.15) is 64.7 Å². The van der Waals surface area contributed by atoms with Gasteiger partial charge in [0.15, 0.2) is 0 Å². The average molecular weight is 266 g/mol. The lowest BCUT2D eigenvalue weighted by Gasteiger charge is -2.34. The topological polar surface area (TPSA) is 46.3 Å². The lowest BCUT2D eigenvalue weighted by atomic mass is 9.84. The lowest BCUT2D eigenvalue weighted by molar-refractivity contribution is -0.134. The van der Waals surface area contributed by atoms with Crippen molar-refractivity contribution in [1.82, 2.24) is 4.90 Å². The van der Waals surface area contributed by atoms with Crippen molar-refractivity contribution in [3.05, 3.63) is 0 Å². The summed E-state index contributed by atoms with van der Waals surface area (Å²) in [7, 11) is 0. The van der Waals surface area contributed by atoms with Gasteiger partial charge in [-0.1, -0.05) is 45.4 Å². The quantitative estimate of drug-likeness (QED) is 0.850. The van der Waals surface area contributed by atoms with Crippen LogP contribution in [0.25, 0.3) is 0 Å². The van der Waals surface area contributed by atoms with E-state index < -0.39 is 0 Å². The van der Waals surface area contributed by atoms with E-state index in [1.807, 2.05) is 4.90 Å². The molecule has 110 valence electrons. The molecule has 19 heavy (non-hydrogen) atoms. The Bertz CT molecular complexity index is 278. The van der Waals surface area contributed by atoms with Crippen molar-refractivity contribution >= 4 is 5.91 Å². The Balaban J connectivity index is 1.75. The fourth-order valence-corrected chi connectivity index (χ4v) is 3.68. The van der Waals surface area contributed by atoms with Crippen LogP contribution in [-0.4, -0.2) is 29.9 Å². The predicted molar refractivity (Wildman–Crippen MR) is 78.8 cm³/mol. The van der Waals surface area contributed by atoms with Gasteiger partial charge in [0.05, 0.1) is 6.04 Å². The van der Waals surface area contributed by atoms with Crippen LogP contribution >= 0.6 is 0 Å². The number of hydrogen-bond acceptors (Lipinski definition) is 2. The van der Waals surface area contributed by atoms with Gasteiger partial charge in [-0.3, -0.25) is 4.79 Å². The predicted octanol–water partition coefficient (Wildman–Crippen LogP) is 2.93. The number of hydrogen-bond donors (Lipinski definition) is 1. The normalized spacial score (nSPS) is 24.4. The zero-order valence-corrected chi connectivity index (χ0v) is 12.4. The summed E-state index contributed by atoms with van der Waals surface area (Å²) in [5, 5.41) is 0. The zero-order chi connectivity index (χ0) is 13.7. The maximum atomic E-state index is 12.4. The summed E-state index contributed by atoms with van der Waals surface area (Å²) in [6.07, 6.45) is 11.1. The Labute approximate surface area is 117 Å². The Morgan fingerprint density at radius 3 is 2.32 bits per heavy atom. The first-order valence-electron chi connectivity index (χ1n) is 8.25. The molecule has 0 aromatic rings. The highest BCUT2D eigenvalue weighted by Crippen LogP contribution is 2.28. The molecule has 1 saturated heterocycles. The zero-order valence-electron chi connectivity index (χ0n) is 12.4. The number of rotatable bonds is 4. The van der Waals surface area contributed by atoms with E-state index >= 15 is 0 Å². The van der Waals surface area contributed by atoms with Crippen LogP contribution in [0.4, 0.5) is 0 Å². The third-order valence-corrected chi connectivity index (χ3v) is 5.13. The Morgan fingerprint density at radius 2 is 1.74 bits per heavy atom. The molecule has 2 rings (SSSR count). The standard InChI is InChI=1S/C16H30N2O/c1-2-13-8-10-18(11-9-13)16(19)15(17)12-14-6-4-3-5-7-14/h13-15H,2-12,17H2,1H3. The van der Waals surface area contributed by atoms with Crippen LogP contribution in [-0.2, 0) is 4.79 Å². The second kappa shape index (κ2) is 7.28. The Kier molecular flexibility index (Phi) is 5.68. The summed E-state index contributed by atoms with van der Waals surface area (Å²) in [5.74, 6) is 1.72. The molecule has 2 N–H and O–H groups in total. The van der Waals surface area contributed by atoms with E-state index in [-0.39, 0.29) is 11.9 Å². The highest BCUT2D eigenvalue weighted by molar-refractivity contribution is 5.81. The van der Waals surface area contributed by atoms with Gasteiger partial charge >= 0.3 is 0 Å². The van der Waals surface area contributed by atoms with Crippen LogP contribution in [0.5, 0.6) is 0 Å². The van der Waals surface area contributed by atoms with Gasteiger partial charge in [-0.25, -0.2) is 0 Å². The number of carbonyl (C=O) groups excluding carboxylic acids is 1. The largest absolute Gasteiger partial charge is 0.341 e. The minimum Gasteiger partial charge on any atom is -0.341 e. The molecular weight excluding hydrogens is 236 g/mol. The molecule has 1 aliphatic heterocycles. The third kappa shape index (κ3) is 4.20. The van der Waals surface area contributed by atoms with Crippen molar-refractivity contribution in [2.75, 3.05) is 13.1 Å². The van der Waals surface area contributed by atoms with Gasteiger partial charge in [0, 0.05) is 13.1 Å². The number of nitrogens with two attached hydrogens (primary N) is 1. The van der Waals surface area contributed by atoms with Gasteiger partial charge in [-0.2, -0.15) is 0 Å². The molecule has 1 saturated carbocycles. The fourth-order valence-electron chi connectivity index (χ4n) is 3.68. The summed E-state index contributed by atoms with van der Waals surface area (Å²) < 4.78 is 0. The van der Waals surface area contributed by atoms with E-state index in [0.29, 0.717) is 5.92 Å². The van der Waals surface area contributed by atoms with E-state index in [1.54, 1.807) is 0 Å². The second-order valence-corrected chi connectivity index (χ2v) is 6.52. The summed E-state index contributed by atoms with van der Waals surface area (Å²) in [6.45, 7) is 4.10. The molecule has 1 aliphatic carbocycles. The van der Waals surface area contributed by atoms with E-state index in [9.17, 15) is 4.79 Å². The molecule has 0 aromatic heterocycles. The summed E-state index contributed by atoms with van der Waals surface area (Å²) in [6, 6.07) is -0.249. The first kappa shape index (κ1) is 14.8. The monoisotopic (exact) mass is 266 g/mol. The Hall–Kier alpha value is -0.570. The maximum absolute atomic E-state index is 12.4. The molecule has 2 aliphatic rings. The molecule has 3 nitrogen and oxygen atoms in total. The molecule has 0 aromatic carbocycles. The molecule has 1 amide bonds. The first-order chi connectivity index (χ1) is 9.20. The van der Waals surface area contributed by atoms with Crippen molar-refractivity contribution in [1.29, 1.82) is 0 Å². The van der Waals surface area contributed by atoms with Crippen LogP contribution in [0.2, 0.25) is 0 Å². The summed E-state index contributed by atoms with van der Waals surface area (Å²) in [5.41, 5.74) is 6.15. The molecule has 0 spiro atoms. The first-order valence-corrected chi connectivity index (χ1v) is 8.25. The van der Waals surface area contributed by atoms with Crippen molar-refractivity contribution in [3.8, 4) is 0 Å². The van der Waals surface area contributed by atoms with Gasteiger partial charge in [-0.05, 0) is 31.1 Å². The fraction of sp³-hybridized carbons (Fsp3) is 0.938. The van der Waals surface area contributed by atoms with E-state index in [1.165, 1.54) is 51.4 Å². The molecule has 3 heteroatoms. The van der Waals surface area contributed by atoms with Gasteiger partial charge < -0.3 is 10.6 Å². The second-order valence-electron chi connectivity index (χ2n) is 6.52. The van der Waals surface area contributed by atoms with E-state index in [0.717, 1.165) is 25.4 Å². The SMILES string of the molecule is CCC1CCN(C(=O)C(N)CC2CCCCC2)CC1. The average Bonchev–Trinajstić information content (AvgIpc) is 2.47. The Morgan fingerprint density at radius 1 is 1.11 bits per heavy atom. The molecule has 0 radical (unpaired) electrons. The van der Waals surface area contributed by atoms with Crippen LogP contribution < -0.4 is 5.73 Å². The molecular formula is C16H30N2O. The molecule has 2 fully saturated rings. The van der Waals surface area contributed by atoms with E-state index in [2.05, 4.69) is 6.92 Å². The molecule has 1 unspecified atom stereocenters. The highest BCUT2D eigenvalue weighted by Gasteiger charge is 2.27. The van der Waals surface area contributed by atoms with Gasteiger partial charge in [0.2, 0.25) is 5.91 Å². The van der Waals surface area contributed by atoms with Crippen LogP contribution in [0.15, 0.2) is 0 Å². The maximum Gasteiger partial charge on any atom is 0.239 e. The number of likely N-dealkylation sites (tertiary alicyclic amines) is 1. The number of nitrogens with zero attached hydrogens (tertiary/aromatic N) is 1. The smallest absolute Gasteiger partial charge is 0.239 e. The number of carbonyl (C=O) groups is 1. The van der Waals surface area contributed by atoms with Crippen molar-refractivity contribution in [2.24, 2.45) is 17.6 Å². The minimum atomic E-state index is -0.249. The summed E-state index contributed by atoms with van der Waals surface area (Å²) in [4.78, 5) is 14.4.